The molecule has 1 amide bonds. The maximum atomic E-state index is 11.1. The topological polar surface area (TPSA) is 35.6 Å². The molecule has 1 fully saturated rings. The summed E-state index contributed by atoms with van der Waals surface area (Å²) < 4.78 is 0. The van der Waals surface area contributed by atoms with Crippen molar-refractivity contribution in [2.75, 3.05) is 46.3 Å². The summed E-state index contributed by atoms with van der Waals surface area (Å²) in [5.41, 5.74) is 0. The van der Waals surface area contributed by atoms with Crippen LogP contribution in [0.15, 0.2) is 12.2 Å². The van der Waals surface area contributed by atoms with Crippen LogP contribution in [0.4, 0.5) is 0 Å². The molecule has 0 spiro atoms. The molecular weight excluding hydrogens is 190 g/mol. The van der Waals surface area contributed by atoms with Crippen LogP contribution in [-0.4, -0.2) is 62.0 Å². The van der Waals surface area contributed by atoms with Crippen molar-refractivity contribution >= 4 is 5.91 Å². The summed E-state index contributed by atoms with van der Waals surface area (Å²) in [4.78, 5) is 15.8. The van der Waals surface area contributed by atoms with Gasteiger partial charge in [0.1, 0.15) is 0 Å². The van der Waals surface area contributed by atoms with Gasteiger partial charge in [-0.25, -0.2) is 0 Å². The van der Waals surface area contributed by atoms with Crippen LogP contribution in [0.5, 0.6) is 0 Å². The second-order valence-electron chi connectivity index (χ2n) is 3.90. The minimum absolute atomic E-state index is 0.00614. The van der Waals surface area contributed by atoms with E-state index in [0.29, 0.717) is 6.54 Å². The van der Waals surface area contributed by atoms with Crippen LogP contribution in [0.25, 0.3) is 0 Å². The van der Waals surface area contributed by atoms with E-state index in [9.17, 15) is 4.79 Å². The molecule has 0 unspecified atom stereocenters. The van der Waals surface area contributed by atoms with Crippen LogP contribution in [-0.2, 0) is 4.79 Å². The van der Waals surface area contributed by atoms with E-state index in [1.165, 1.54) is 0 Å². The van der Waals surface area contributed by atoms with Gasteiger partial charge in [0, 0.05) is 45.3 Å². The number of nitrogens with one attached hydrogen (secondary N) is 1. The summed E-state index contributed by atoms with van der Waals surface area (Å²) in [5, 5.41) is 2.74. The van der Waals surface area contributed by atoms with Crippen molar-refractivity contribution in [1.82, 2.24) is 15.1 Å². The Morgan fingerprint density at radius 1 is 1.33 bits per heavy atom. The number of hydrogen-bond donors (Lipinski definition) is 1. The van der Waals surface area contributed by atoms with Gasteiger partial charge in [0.2, 0.25) is 5.91 Å². The van der Waals surface area contributed by atoms with E-state index in [-0.39, 0.29) is 5.91 Å². The highest BCUT2D eigenvalue weighted by atomic mass is 16.1. The average Bonchev–Trinajstić information content (AvgIpc) is 2.21. The highest BCUT2D eigenvalue weighted by Crippen LogP contribution is 1.98. The molecule has 0 aromatic rings. The van der Waals surface area contributed by atoms with Crippen molar-refractivity contribution in [3.63, 3.8) is 0 Å². The minimum Gasteiger partial charge on any atom is -0.353 e. The van der Waals surface area contributed by atoms with E-state index in [4.69, 9.17) is 0 Å². The summed E-state index contributed by atoms with van der Waals surface area (Å²) in [5.74, 6) is 0.00614. The van der Waals surface area contributed by atoms with Crippen molar-refractivity contribution in [3.8, 4) is 0 Å². The third-order valence-corrected chi connectivity index (χ3v) is 2.58. The lowest BCUT2D eigenvalue weighted by atomic mass is 10.3. The van der Waals surface area contributed by atoms with Gasteiger partial charge in [0.25, 0.3) is 0 Å². The number of carbonyl (C=O) groups is 1. The molecule has 1 heterocycles. The summed E-state index contributed by atoms with van der Waals surface area (Å²) in [6, 6.07) is 0. The van der Waals surface area contributed by atoms with E-state index >= 15 is 0 Å². The quantitative estimate of drug-likeness (QED) is 0.661. The van der Waals surface area contributed by atoms with Crippen LogP contribution in [0.2, 0.25) is 0 Å². The molecule has 4 nitrogen and oxygen atoms in total. The van der Waals surface area contributed by atoms with Gasteiger partial charge >= 0.3 is 0 Å². The zero-order valence-electron chi connectivity index (χ0n) is 9.70. The van der Waals surface area contributed by atoms with Crippen molar-refractivity contribution < 1.29 is 4.79 Å². The van der Waals surface area contributed by atoms with Crippen LogP contribution >= 0.6 is 0 Å². The van der Waals surface area contributed by atoms with Gasteiger partial charge in [0.15, 0.2) is 0 Å². The zero-order chi connectivity index (χ0) is 11.1. The Kier molecular flexibility index (Phi) is 5.36. The Labute approximate surface area is 91.9 Å². The van der Waals surface area contributed by atoms with E-state index < -0.39 is 0 Å². The standard InChI is InChI=1S/C11H21N3O/c1-3-12-11(15)5-4-6-14-9-7-13(2)8-10-14/h4-5H,3,6-10H2,1-2H3,(H,12,15)/b5-4+. The lowest BCUT2D eigenvalue weighted by Gasteiger charge is -2.31. The number of rotatable bonds is 4. The Hall–Kier alpha value is -0.870. The second kappa shape index (κ2) is 6.58. The molecule has 0 bridgehead atoms. The molecule has 4 heteroatoms. The summed E-state index contributed by atoms with van der Waals surface area (Å²) in [6.45, 7) is 7.92. The lowest BCUT2D eigenvalue weighted by molar-refractivity contribution is -0.116. The number of carbonyl (C=O) groups excluding carboxylic acids is 1. The Morgan fingerprint density at radius 2 is 2.00 bits per heavy atom. The van der Waals surface area contributed by atoms with Crippen LogP contribution in [0.1, 0.15) is 6.92 Å². The van der Waals surface area contributed by atoms with Crippen LogP contribution < -0.4 is 5.32 Å². The molecule has 0 atom stereocenters. The van der Waals surface area contributed by atoms with Gasteiger partial charge in [-0.3, -0.25) is 9.69 Å². The molecule has 0 radical (unpaired) electrons. The molecule has 0 aromatic heterocycles. The van der Waals surface area contributed by atoms with E-state index in [0.717, 1.165) is 32.7 Å². The molecule has 1 saturated heterocycles. The van der Waals surface area contributed by atoms with Crippen molar-refractivity contribution in [2.45, 2.75) is 6.92 Å². The van der Waals surface area contributed by atoms with E-state index in [2.05, 4.69) is 22.2 Å². The Balaban J connectivity index is 2.16. The molecule has 86 valence electrons. The predicted octanol–water partition coefficient (Wildman–Crippen LogP) is -0.0739. The lowest BCUT2D eigenvalue weighted by Crippen LogP contribution is -2.44. The summed E-state index contributed by atoms with van der Waals surface area (Å²) in [6.07, 6.45) is 3.57. The third kappa shape index (κ3) is 4.95. The maximum Gasteiger partial charge on any atom is 0.243 e. The molecule has 1 rings (SSSR count). The number of nitrogens with zero attached hydrogens (tertiary/aromatic N) is 2. The SMILES string of the molecule is CCNC(=O)/C=C/CN1CCN(C)CC1. The number of hydrogen-bond acceptors (Lipinski definition) is 3. The van der Waals surface area contributed by atoms with Crippen molar-refractivity contribution in [2.24, 2.45) is 0 Å². The molecule has 1 aliphatic rings. The molecule has 0 saturated carbocycles. The third-order valence-electron chi connectivity index (χ3n) is 2.58. The smallest absolute Gasteiger partial charge is 0.243 e. The van der Waals surface area contributed by atoms with Crippen molar-refractivity contribution in [1.29, 1.82) is 0 Å². The van der Waals surface area contributed by atoms with Gasteiger partial charge < -0.3 is 10.2 Å². The molecular formula is C11H21N3O. The van der Waals surface area contributed by atoms with Gasteiger partial charge in [-0.2, -0.15) is 0 Å². The van der Waals surface area contributed by atoms with E-state index in [1.54, 1.807) is 6.08 Å². The fraction of sp³-hybridized carbons (Fsp3) is 0.727. The first-order valence-corrected chi connectivity index (χ1v) is 5.57. The normalized spacial score (nSPS) is 19.6. The number of likely N-dealkylation sites (N-methyl/N-ethyl adjacent to an activating group) is 2. The first-order valence-electron chi connectivity index (χ1n) is 5.57. The van der Waals surface area contributed by atoms with Gasteiger partial charge in [0.05, 0.1) is 0 Å². The first kappa shape index (κ1) is 12.2. The van der Waals surface area contributed by atoms with Gasteiger partial charge in [-0.15, -0.1) is 0 Å². The molecule has 0 aromatic carbocycles. The largest absolute Gasteiger partial charge is 0.353 e. The molecule has 15 heavy (non-hydrogen) atoms. The highest BCUT2D eigenvalue weighted by Gasteiger charge is 2.11. The monoisotopic (exact) mass is 211 g/mol. The van der Waals surface area contributed by atoms with Gasteiger partial charge in [-0.05, 0) is 14.0 Å². The Bertz CT molecular complexity index is 220. The second-order valence-corrected chi connectivity index (χ2v) is 3.90. The average molecular weight is 211 g/mol. The highest BCUT2D eigenvalue weighted by molar-refractivity contribution is 5.87. The summed E-state index contributed by atoms with van der Waals surface area (Å²) in [7, 11) is 2.14. The minimum atomic E-state index is 0.00614. The fourth-order valence-electron chi connectivity index (χ4n) is 1.57. The first-order chi connectivity index (χ1) is 7.22. The van der Waals surface area contributed by atoms with Crippen molar-refractivity contribution in [3.05, 3.63) is 12.2 Å². The van der Waals surface area contributed by atoms with Gasteiger partial charge in [-0.1, -0.05) is 6.08 Å². The number of piperazine rings is 1. The predicted molar refractivity (Wildman–Crippen MR) is 61.8 cm³/mol. The zero-order valence-corrected chi connectivity index (χ0v) is 9.70. The molecule has 0 aliphatic carbocycles. The van der Waals surface area contributed by atoms with Crippen LogP contribution in [0.3, 0.4) is 0 Å². The molecule has 1 N–H and O–H groups in total. The summed E-state index contributed by atoms with van der Waals surface area (Å²) >= 11 is 0. The maximum absolute atomic E-state index is 11.1. The number of amides is 1. The molecule has 1 aliphatic heterocycles. The fourth-order valence-corrected chi connectivity index (χ4v) is 1.57. The van der Waals surface area contributed by atoms with Crippen LogP contribution in [0, 0.1) is 0 Å². The van der Waals surface area contributed by atoms with E-state index in [1.807, 2.05) is 13.0 Å². The Morgan fingerprint density at radius 3 is 2.60 bits per heavy atom.